The van der Waals surface area contributed by atoms with E-state index in [2.05, 4.69) is 42.0 Å². The summed E-state index contributed by atoms with van der Waals surface area (Å²) in [5.41, 5.74) is 0. The van der Waals surface area contributed by atoms with E-state index in [4.69, 9.17) is 14.2 Å². The molecule has 11 nitrogen and oxygen atoms in total. The van der Waals surface area contributed by atoms with Gasteiger partial charge in [0.15, 0.2) is 12.6 Å². The van der Waals surface area contributed by atoms with Crippen molar-refractivity contribution in [3.8, 4) is 0 Å². The number of quaternary nitrogens is 2. The van der Waals surface area contributed by atoms with Gasteiger partial charge in [0.2, 0.25) is 0 Å². The molecule has 0 saturated carbocycles. The molecule has 0 aliphatic carbocycles. The van der Waals surface area contributed by atoms with E-state index < -0.39 is 61.4 Å². The minimum atomic E-state index is -1.60. The van der Waals surface area contributed by atoms with Crippen LogP contribution in [0.5, 0.6) is 0 Å². The fourth-order valence-electron chi connectivity index (χ4n) is 8.41. The first-order chi connectivity index (χ1) is 26.2. The topological polar surface area (TPSA) is 149 Å². The Morgan fingerprint density at radius 3 is 0.891 bits per heavy atom. The Hall–Kier alpha value is -0.440. The van der Waals surface area contributed by atoms with Crippen molar-refractivity contribution in [3.05, 3.63) is 0 Å². The molecule has 2 heterocycles. The van der Waals surface area contributed by atoms with Gasteiger partial charge in [-0.15, -0.1) is 0 Å². The zero-order valence-corrected chi connectivity index (χ0v) is 36.4. The summed E-state index contributed by atoms with van der Waals surface area (Å²) in [7, 11) is 8.26. The van der Waals surface area contributed by atoms with Crippen LogP contribution >= 0.6 is 0 Å². The SMILES string of the molecule is CCCCCCCCCCCCCC[N+](C)(C)C[C@H]1O[C@H](O[C@H]2O[C@H](C[N+](C)(C)CCCCCCCCCCCCCC)[C@@H](O)[C@H](O)[C@H]2O)[C@H](O)[C@@H](O)[C@@H]1O. The molecule has 2 aliphatic heterocycles. The molecule has 0 radical (unpaired) electrons. The van der Waals surface area contributed by atoms with Crippen molar-refractivity contribution < 1.29 is 53.8 Å². The van der Waals surface area contributed by atoms with Gasteiger partial charge in [-0.05, 0) is 25.7 Å². The first-order valence-corrected chi connectivity index (χ1v) is 22.9. The van der Waals surface area contributed by atoms with E-state index in [1.54, 1.807) is 0 Å². The van der Waals surface area contributed by atoms with Crippen LogP contribution in [0.3, 0.4) is 0 Å². The van der Waals surface area contributed by atoms with Gasteiger partial charge in [-0.1, -0.05) is 142 Å². The number of aliphatic hydroxyl groups excluding tert-OH is 6. The Labute approximate surface area is 336 Å². The van der Waals surface area contributed by atoms with Gasteiger partial charge >= 0.3 is 0 Å². The number of aliphatic hydroxyl groups is 6. The van der Waals surface area contributed by atoms with Crippen LogP contribution in [0.25, 0.3) is 0 Å². The van der Waals surface area contributed by atoms with Gasteiger partial charge in [0.05, 0.1) is 41.3 Å². The van der Waals surface area contributed by atoms with E-state index in [9.17, 15) is 30.6 Å². The lowest BCUT2D eigenvalue weighted by Crippen LogP contribution is -2.66. The fourth-order valence-corrected chi connectivity index (χ4v) is 8.41. The number of rotatable bonds is 32. The molecular formula is C44H90N2O9+2. The number of hydrogen-bond donors (Lipinski definition) is 6. The molecule has 0 amide bonds. The van der Waals surface area contributed by atoms with Gasteiger partial charge in [0, 0.05) is 0 Å². The average Bonchev–Trinajstić information content (AvgIpc) is 3.14. The summed E-state index contributed by atoms with van der Waals surface area (Å²) in [6.45, 7) is 7.02. The Kier molecular flexibility index (Phi) is 25.9. The standard InChI is InChI=1S/C44H90N2O9/c1-7-9-11-13-15-17-19-21-23-25-27-29-31-45(3,4)33-35-37(47)39(49)41(51)43(53-35)55-44-42(52)40(50)38(48)36(54-44)34-46(5,6)32-30-28-26-24-22-20-18-16-14-12-10-8-2/h35-44,47-52H,7-34H2,1-6H3/q+2/t35-,36-,37-,38-,39+,40+,41-,42-,43-,44-/m1/s1. The monoisotopic (exact) mass is 791 g/mol. The lowest BCUT2D eigenvalue weighted by molar-refractivity contribution is -0.895. The third kappa shape index (κ3) is 20.4. The highest BCUT2D eigenvalue weighted by atomic mass is 16.8. The third-order valence-corrected chi connectivity index (χ3v) is 12.2. The predicted molar refractivity (Wildman–Crippen MR) is 220 cm³/mol. The zero-order valence-electron chi connectivity index (χ0n) is 36.4. The molecule has 10 atom stereocenters. The first-order valence-electron chi connectivity index (χ1n) is 22.9. The van der Waals surface area contributed by atoms with E-state index in [0.717, 1.165) is 38.8 Å². The van der Waals surface area contributed by atoms with E-state index in [-0.39, 0.29) is 0 Å². The molecule has 6 N–H and O–H groups in total. The largest absolute Gasteiger partial charge is 0.387 e. The summed E-state index contributed by atoms with van der Waals surface area (Å²) in [5.74, 6) is 0. The van der Waals surface area contributed by atoms with Crippen LogP contribution in [0.1, 0.15) is 168 Å². The van der Waals surface area contributed by atoms with E-state index >= 15 is 0 Å². The smallest absolute Gasteiger partial charge is 0.190 e. The predicted octanol–water partition coefficient (Wildman–Crippen LogP) is 6.17. The van der Waals surface area contributed by atoms with Crippen molar-refractivity contribution in [3.63, 3.8) is 0 Å². The van der Waals surface area contributed by atoms with Crippen LogP contribution in [0.2, 0.25) is 0 Å². The molecule has 328 valence electrons. The summed E-state index contributed by atoms with van der Waals surface area (Å²) in [4.78, 5) is 0. The molecule has 2 fully saturated rings. The highest BCUT2D eigenvalue weighted by molar-refractivity contribution is 4.92. The second-order valence-corrected chi connectivity index (χ2v) is 18.6. The Balaban J connectivity index is 1.79. The van der Waals surface area contributed by atoms with Crippen molar-refractivity contribution in [2.45, 2.75) is 229 Å². The summed E-state index contributed by atoms with van der Waals surface area (Å²) in [5, 5.41) is 65.1. The zero-order chi connectivity index (χ0) is 40.7. The van der Waals surface area contributed by atoms with Crippen LogP contribution in [0, 0.1) is 0 Å². The molecule has 55 heavy (non-hydrogen) atoms. The molecule has 0 aromatic carbocycles. The second kappa shape index (κ2) is 28.1. The fraction of sp³-hybridized carbons (Fsp3) is 1.00. The van der Waals surface area contributed by atoms with Gasteiger partial charge in [0.25, 0.3) is 0 Å². The number of nitrogens with zero attached hydrogens (tertiary/aromatic N) is 2. The maximum Gasteiger partial charge on any atom is 0.190 e. The van der Waals surface area contributed by atoms with Crippen molar-refractivity contribution in [2.24, 2.45) is 0 Å². The van der Waals surface area contributed by atoms with Crippen molar-refractivity contribution in [2.75, 3.05) is 54.4 Å². The summed E-state index contributed by atoms with van der Waals surface area (Å²) >= 11 is 0. The average molecular weight is 791 g/mol. The molecular weight excluding hydrogens is 700 g/mol. The lowest BCUT2D eigenvalue weighted by atomic mass is 9.96. The van der Waals surface area contributed by atoms with E-state index in [1.165, 1.54) is 128 Å². The molecule has 0 unspecified atom stereocenters. The molecule has 11 heteroatoms. The molecule has 2 rings (SSSR count). The molecule has 2 saturated heterocycles. The molecule has 0 aromatic rings. The maximum atomic E-state index is 10.9. The summed E-state index contributed by atoms with van der Waals surface area (Å²) < 4.78 is 19.2. The number of ether oxygens (including phenoxy) is 3. The van der Waals surface area contributed by atoms with Crippen LogP contribution in [0.4, 0.5) is 0 Å². The quantitative estimate of drug-likeness (QED) is 0.0348. The molecule has 2 aliphatic rings. The number of likely N-dealkylation sites (N-methyl/N-ethyl adjacent to an activating group) is 2. The van der Waals surface area contributed by atoms with Crippen LogP contribution in [-0.4, -0.2) is 155 Å². The molecule has 0 bridgehead atoms. The van der Waals surface area contributed by atoms with Crippen LogP contribution < -0.4 is 0 Å². The van der Waals surface area contributed by atoms with E-state index in [1.807, 2.05) is 0 Å². The van der Waals surface area contributed by atoms with Crippen LogP contribution in [-0.2, 0) is 14.2 Å². The van der Waals surface area contributed by atoms with Crippen molar-refractivity contribution in [1.29, 1.82) is 0 Å². The third-order valence-electron chi connectivity index (χ3n) is 12.2. The second-order valence-electron chi connectivity index (χ2n) is 18.6. The highest BCUT2D eigenvalue weighted by Crippen LogP contribution is 2.30. The normalized spacial score (nSPS) is 29.2. The Bertz CT molecular complexity index is 871. The van der Waals surface area contributed by atoms with Gasteiger partial charge in [0.1, 0.15) is 61.9 Å². The van der Waals surface area contributed by atoms with Gasteiger partial charge in [-0.25, -0.2) is 0 Å². The van der Waals surface area contributed by atoms with Gasteiger partial charge in [-0.3, -0.25) is 0 Å². The van der Waals surface area contributed by atoms with Crippen LogP contribution in [0.15, 0.2) is 0 Å². The minimum Gasteiger partial charge on any atom is -0.387 e. The summed E-state index contributed by atoms with van der Waals surface area (Å²) in [6.07, 6.45) is 17.2. The maximum absolute atomic E-state index is 10.9. The first kappa shape index (κ1) is 50.7. The molecule has 0 aromatic heterocycles. The lowest BCUT2D eigenvalue weighted by Gasteiger charge is -2.46. The highest BCUT2D eigenvalue weighted by Gasteiger charge is 2.51. The Morgan fingerprint density at radius 1 is 0.364 bits per heavy atom. The van der Waals surface area contributed by atoms with Crippen molar-refractivity contribution >= 4 is 0 Å². The minimum absolute atomic E-state index is 0.381. The van der Waals surface area contributed by atoms with Gasteiger partial charge in [-0.2, -0.15) is 0 Å². The number of hydrogen-bond acceptors (Lipinski definition) is 9. The Morgan fingerprint density at radius 2 is 0.618 bits per heavy atom. The summed E-state index contributed by atoms with van der Waals surface area (Å²) in [6, 6.07) is 0. The van der Waals surface area contributed by atoms with E-state index in [0.29, 0.717) is 22.1 Å². The van der Waals surface area contributed by atoms with Gasteiger partial charge < -0.3 is 53.8 Å². The van der Waals surface area contributed by atoms with Crippen molar-refractivity contribution in [1.82, 2.24) is 0 Å². The number of unbranched alkanes of at least 4 members (excludes halogenated alkanes) is 22. The molecule has 0 spiro atoms.